The summed E-state index contributed by atoms with van der Waals surface area (Å²) in [4.78, 5) is 0. The second-order valence-corrected chi connectivity index (χ2v) is 4.23. The zero-order valence-electron chi connectivity index (χ0n) is 10.4. The Kier molecular flexibility index (Phi) is 3.72. The van der Waals surface area contributed by atoms with Gasteiger partial charge in [0.2, 0.25) is 0 Å². The van der Waals surface area contributed by atoms with E-state index < -0.39 is 11.6 Å². The molecule has 0 aliphatic rings. The summed E-state index contributed by atoms with van der Waals surface area (Å²) in [5.74, 6) is -1.08. The molecule has 0 aliphatic heterocycles. The Morgan fingerprint density at radius 2 is 1.50 bits per heavy atom. The van der Waals surface area contributed by atoms with Crippen LogP contribution in [0.2, 0.25) is 0 Å². The fourth-order valence-electron chi connectivity index (χ4n) is 1.88. The smallest absolute Gasteiger partial charge is 0.133 e. The first-order chi connectivity index (χ1) is 8.63. The van der Waals surface area contributed by atoms with Crippen molar-refractivity contribution >= 4 is 0 Å². The third kappa shape index (κ3) is 2.41. The lowest BCUT2D eigenvalue weighted by Crippen LogP contribution is -2.11. The van der Waals surface area contributed by atoms with Gasteiger partial charge in [-0.2, -0.15) is 0 Å². The quantitative estimate of drug-likeness (QED) is 0.867. The highest BCUT2D eigenvalue weighted by Crippen LogP contribution is 2.27. The zero-order chi connectivity index (χ0) is 13.1. The molecule has 2 rings (SSSR count). The number of hydrogen-bond donors (Lipinski definition) is 1. The van der Waals surface area contributed by atoms with Gasteiger partial charge in [0.15, 0.2) is 0 Å². The molecule has 1 N–H and O–H groups in total. The molecule has 1 atom stereocenters. The van der Waals surface area contributed by atoms with Crippen molar-refractivity contribution < 1.29 is 8.78 Å². The van der Waals surface area contributed by atoms with Crippen LogP contribution in [0.5, 0.6) is 0 Å². The second-order valence-electron chi connectivity index (χ2n) is 4.23. The van der Waals surface area contributed by atoms with E-state index >= 15 is 0 Å². The molecule has 18 heavy (non-hydrogen) atoms. The van der Waals surface area contributed by atoms with Crippen LogP contribution >= 0.6 is 0 Å². The number of benzene rings is 2. The predicted molar refractivity (Wildman–Crippen MR) is 69.3 cm³/mol. The van der Waals surface area contributed by atoms with Gasteiger partial charge in [0.1, 0.15) is 11.6 Å². The maximum atomic E-state index is 13.6. The molecule has 0 fully saturated rings. The molecule has 2 aromatic rings. The lowest BCUT2D eigenvalue weighted by molar-refractivity contribution is 0.589. The first-order valence-electron chi connectivity index (χ1n) is 5.85. The number of halogens is 2. The molecule has 1 unspecified atom stereocenters. The Bertz CT molecular complexity index is 514. The maximum absolute atomic E-state index is 13.6. The fourth-order valence-corrected chi connectivity index (χ4v) is 1.88. The standard InChI is InChI=1S/C15H15F2N/c1-10(18-2)11-6-8-12(9-7-11)15-13(16)4-3-5-14(15)17/h3-10,18H,1-2H3. The van der Waals surface area contributed by atoms with Gasteiger partial charge in [-0.1, -0.05) is 30.3 Å². The van der Waals surface area contributed by atoms with Crippen LogP contribution in [-0.2, 0) is 0 Å². The van der Waals surface area contributed by atoms with Crippen molar-refractivity contribution in [3.8, 4) is 11.1 Å². The van der Waals surface area contributed by atoms with Crippen LogP contribution in [0.1, 0.15) is 18.5 Å². The van der Waals surface area contributed by atoms with Gasteiger partial charge in [-0.05, 0) is 37.2 Å². The molecule has 3 heteroatoms. The van der Waals surface area contributed by atoms with Crippen LogP contribution in [-0.4, -0.2) is 7.05 Å². The molecule has 0 radical (unpaired) electrons. The van der Waals surface area contributed by atoms with E-state index in [1.165, 1.54) is 18.2 Å². The minimum absolute atomic E-state index is 0.0289. The van der Waals surface area contributed by atoms with Crippen molar-refractivity contribution in [3.63, 3.8) is 0 Å². The Hall–Kier alpha value is -1.74. The summed E-state index contributed by atoms with van der Waals surface area (Å²) in [7, 11) is 1.87. The Morgan fingerprint density at radius 3 is 2.00 bits per heavy atom. The van der Waals surface area contributed by atoms with E-state index in [1.54, 1.807) is 12.1 Å². The van der Waals surface area contributed by atoms with Crippen LogP contribution in [0.4, 0.5) is 8.78 Å². The van der Waals surface area contributed by atoms with E-state index in [4.69, 9.17) is 0 Å². The van der Waals surface area contributed by atoms with Crippen LogP contribution in [0.25, 0.3) is 11.1 Å². The minimum atomic E-state index is -0.538. The van der Waals surface area contributed by atoms with Gasteiger partial charge in [-0.25, -0.2) is 8.78 Å². The third-order valence-electron chi connectivity index (χ3n) is 3.10. The van der Waals surface area contributed by atoms with E-state index in [2.05, 4.69) is 5.32 Å². The SMILES string of the molecule is CNC(C)c1ccc(-c2c(F)cccc2F)cc1. The monoisotopic (exact) mass is 247 g/mol. The maximum Gasteiger partial charge on any atom is 0.133 e. The first kappa shape index (κ1) is 12.7. The Labute approximate surface area is 105 Å². The van der Waals surface area contributed by atoms with E-state index in [1.807, 2.05) is 26.1 Å². The van der Waals surface area contributed by atoms with E-state index in [9.17, 15) is 8.78 Å². The van der Waals surface area contributed by atoms with Crippen molar-refractivity contribution in [1.82, 2.24) is 5.32 Å². The third-order valence-corrected chi connectivity index (χ3v) is 3.10. The Balaban J connectivity index is 2.41. The number of nitrogens with one attached hydrogen (secondary N) is 1. The van der Waals surface area contributed by atoms with Crippen molar-refractivity contribution in [3.05, 3.63) is 59.7 Å². The lowest BCUT2D eigenvalue weighted by Gasteiger charge is -2.11. The van der Waals surface area contributed by atoms with E-state index in [0.29, 0.717) is 5.56 Å². The molecule has 1 nitrogen and oxygen atoms in total. The summed E-state index contributed by atoms with van der Waals surface area (Å²) in [5, 5.41) is 3.12. The predicted octanol–water partition coefficient (Wildman–Crippen LogP) is 3.91. The summed E-state index contributed by atoms with van der Waals surface area (Å²) in [5.41, 5.74) is 1.66. The minimum Gasteiger partial charge on any atom is -0.313 e. The number of rotatable bonds is 3. The highest BCUT2D eigenvalue weighted by atomic mass is 19.1. The highest BCUT2D eigenvalue weighted by molar-refractivity contribution is 5.65. The van der Waals surface area contributed by atoms with Crippen LogP contribution in [0.15, 0.2) is 42.5 Å². The Morgan fingerprint density at radius 1 is 0.944 bits per heavy atom. The summed E-state index contributed by atoms with van der Waals surface area (Å²) in [6.07, 6.45) is 0. The summed E-state index contributed by atoms with van der Waals surface area (Å²) in [6.45, 7) is 2.03. The summed E-state index contributed by atoms with van der Waals surface area (Å²) in [6, 6.07) is 11.3. The average Bonchev–Trinajstić information content (AvgIpc) is 2.38. The van der Waals surface area contributed by atoms with Crippen LogP contribution < -0.4 is 5.32 Å². The zero-order valence-corrected chi connectivity index (χ0v) is 10.4. The molecule has 2 aromatic carbocycles. The summed E-state index contributed by atoms with van der Waals surface area (Å²) >= 11 is 0. The molecular weight excluding hydrogens is 232 g/mol. The van der Waals surface area contributed by atoms with Gasteiger partial charge < -0.3 is 5.32 Å². The molecule has 0 spiro atoms. The molecule has 0 aliphatic carbocycles. The van der Waals surface area contributed by atoms with Crippen molar-refractivity contribution in [1.29, 1.82) is 0 Å². The van der Waals surface area contributed by atoms with Crippen LogP contribution in [0, 0.1) is 11.6 Å². The largest absolute Gasteiger partial charge is 0.313 e. The highest BCUT2D eigenvalue weighted by Gasteiger charge is 2.11. The molecule has 94 valence electrons. The topological polar surface area (TPSA) is 12.0 Å². The molecule has 0 saturated heterocycles. The van der Waals surface area contributed by atoms with Gasteiger partial charge in [0.05, 0.1) is 5.56 Å². The van der Waals surface area contributed by atoms with Gasteiger partial charge in [-0.15, -0.1) is 0 Å². The molecule has 0 saturated carbocycles. The number of hydrogen-bond acceptors (Lipinski definition) is 1. The van der Waals surface area contributed by atoms with Crippen molar-refractivity contribution in [2.75, 3.05) is 7.05 Å². The average molecular weight is 247 g/mol. The van der Waals surface area contributed by atoms with Gasteiger partial charge >= 0.3 is 0 Å². The van der Waals surface area contributed by atoms with Crippen molar-refractivity contribution in [2.24, 2.45) is 0 Å². The van der Waals surface area contributed by atoms with E-state index in [-0.39, 0.29) is 11.6 Å². The lowest BCUT2D eigenvalue weighted by atomic mass is 10.0. The summed E-state index contributed by atoms with van der Waals surface area (Å²) < 4.78 is 27.2. The van der Waals surface area contributed by atoms with E-state index in [0.717, 1.165) is 5.56 Å². The second kappa shape index (κ2) is 5.27. The molecular formula is C15H15F2N. The molecule has 0 aromatic heterocycles. The molecule has 0 bridgehead atoms. The molecule has 0 amide bonds. The molecule has 0 heterocycles. The van der Waals surface area contributed by atoms with Gasteiger partial charge in [0, 0.05) is 6.04 Å². The first-order valence-corrected chi connectivity index (χ1v) is 5.85. The normalized spacial score (nSPS) is 12.4. The fraction of sp³-hybridized carbons (Fsp3) is 0.200. The van der Waals surface area contributed by atoms with Crippen molar-refractivity contribution in [2.45, 2.75) is 13.0 Å². The van der Waals surface area contributed by atoms with Gasteiger partial charge in [0.25, 0.3) is 0 Å². The van der Waals surface area contributed by atoms with Crippen LogP contribution in [0.3, 0.4) is 0 Å². The van der Waals surface area contributed by atoms with Gasteiger partial charge in [-0.3, -0.25) is 0 Å².